The molecule has 0 saturated carbocycles. The number of aromatic nitrogens is 1. The van der Waals surface area contributed by atoms with Gasteiger partial charge in [0.05, 0.1) is 23.9 Å². The summed E-state index contributed by atoms with van der Waals surface area (Å²) in [5.74, 6) is -1.98. The lowest BCUT2D eigenvalue weighted by atomic mass is 10.0. The number of carbonyl (C=O) groups excluding carboxylic acids is 1. The summed E-state index contributed by atoms with van der Waals surface area (Å²) in [5.41, 5.74) is 6.51. The third kappa shape index (κ3) is 13.6. The van der Waals surface area contributed by atoms with E-state index in [1.807, 2.05) is 35.1 Å². The third-order valence-corrected chi connectivity index (χ3v) is 7.75. The number of nitrogens with one attached hydrogen (secondary N) is 3. The number of carbonyl (C=O) groups is 1. The van der Waals surface area contributed by atoms with Gasteiger partial charge in [0.25, 0.3) is 0 Å². The normalized spacial score (nSPS) is 11.8. The number of rotatable bonds is 12. The molecule has 0 saturated heterocycles. The molecule has 0 unspecified atom stereocenters. The maximum absolute atomic E-state index is 14.1. The number of aryl methyl sites for hydroxylation is 2. The lowest BCUT2D eigenvalue weighted by molar-refractivity contribution is -0.141. The van der Waals surface area contributed by atoms with Crippen LogP contribution in [0.3, 0.4) is 0 Å². The van der Waals surface area contributed by atoms with Crippen LogP contribution in [0.1, 0.15) is 33.6 Å². The predicted molar refractivity (Wildman–Crippen MR) is 182 cm³/mol. The number of hydrogen-bond donors (Lipinski definition) is 4. The lowest BCUT2D eigenvalue weighted by Crippen LogP contribution is -2.20. The van der Waals surface area contributed by atoms with Gasteiger partial charge in [-0.05, 0) is 71.5 Å². The minimum Gasteiger partial charge on any atom is -0.348 e. The average Bonchev–Trinajstić information content (AvgIpc) is 3.03. The highest BCUT2D eigenvalue weighted by Crippen LogP contribution is 2.29. The molecule has 1 aromatic heterocycles. The van der Waals surface area contributed by atoms with Crippen molar-refractivity contribution in [2.75, 3.05) is 22.0 Å². The van der Waals surface area contributed by atoms with Gasteiger partial charge in [0.2, 0.25) is 26.0 Å². The Labute approximate surface area is 286 Å². The van der Waals surface area contributed by atoms with E-state index in [1.54, 1.807) is 6.07 Å². The molecular weight excluding hydrogens is 706 g/mol. The molecule has 0 radical (unpaired) electrons. The summed E-state index contributed by atoms with van der Waals surface area (Å²) in [7, 11) is -7.08. The average molecular weight is 740 g/mol. The molecule has 4 rings (SSSR count). The van der Waals surface area contributed by atoms with E-state index in [0.29, 0.717) is 23.1 Å². The fourth-order valence-electron chi connectivity index (χ4n) is 4.26. The summed E-state index contributed by atoms with van der Waals surface area (Å²) >= 11 is 0. The van der Waals surface area contributed by atoms with Gasteiger partial charge in [-0.2, -0.15) is 13.2 Å². The van der Waals surface area contributed by atoms with Crippen molar-refractivity contribution in [3.05, 3.63) is 130 Å². The molecule has 5 N–H and O–H groups in total. The number of hydrogen-bond acceptors (Lipinski definition) is 7. The monoisotopic (exact) mass is 739 g/mol. The number of alkyl halides is 3. The molecule has 0 fully saturated rings. The Hall–Kier alpha value is -4.87. The number of benzene rings is 3. The van der Waals surface area contributed by atoms with E-state index >= 15 is 0 Å². The molecule has 0 aliphatic rings. The van der Waals surface area contributed by atoms with Crippen LogP contribution in [0.4, 0.5) is 33.3 Å². The smallest absolute Gasteiger partial charge is 0.348 e. The molecule has 3 aromatic carbocycles. The molecule has 1 amide bonds. The Morgan fingerprint density at radius 3 is 1.86 bits per heavy atom. The summed E-state index contributed by atoms with van der Waals surface area (Å²) in [4.78, 5) is 16.0. The van der Waals surface area contributed by atoms with Gasteiger partial charge in [0, 0.05) is 24.9 Å². The molecule has 1 heterocycles. The van der Waals surface area contributed by atoms with Crippen LogP contribution in [-0.4, -0.2) is 40.2 Å². The van der Waals surface area contributed by atoms with Crippen molar-refractivity contribution in [1.82, 2.24) is 10.3 Å². The SMILES string of the molecule is CS(=O)(=O)Nc1ccc(CN)cc1F.CS(=O)(=O)Nc1ccc(CNC(=O)C=Cc2ccc(C(F)(F)F)nc2CCc2ccccc2)cc1F. The highest BCUT2D eigenvalue weighted by molar-refractivity contribution is 7.92. The minimum absolute atomic E-state index is 0.0502. The molecule has 0 bridgehead atoms. The fourth-order valence-corrected chi connectivity index (χ4v) is 5.39. The largest absolute Gasteiger partial charge is 0.433 e. The fraction of sp³-hybridized carbons (Fsp3) is 0.212. The van der Waals surface area contributed by atoms with E-state index in [2.05, 4.69) is 15.0 Å². The molecule has 0 atom stereocenters. The van der Waals surface area contributed by atoms with Gasteiger partial charge in [-0.25, -0.2) is 30.6 Å². The van der Waals surface area contributed by atoms with Crippen LogP contribution in [0.25, 0.3) is 6.08 Å². The van der Waals surface area contributed by atoms with Crippen molar-refractivity contribution in [2.24, 2.45) is 5.73 Å². The van der Waals surface area contributed by atoms with Crippen LogP contribution < -0.4 is 20.5 Å². The van der Waals surface area contributed by atoms with Gasteiger partial charge in [-0.1, -0.05) is 48.5 Å². The number of pyridine rings is 1. The third-order valence-electron chi connectivity index (χ3n) is 6.57. The molecule has 0 spiro atoms. The number of amides is 1. The second-order valence-electron chi connectivity index (χ2n) is 10.8. The van der Waals surface area contributed by atoms with Gasteiger partial charge in [0.1, 0.15) is 17.3 Å². The van der Waals surface area contributed by atoms with Gasteiger partial charge in [-0.15, -0.1) is 0 Å². The first kappa shape index (κ1) is 39.6. The zero-order chi connectivity index (χ0) is 37.1. The summed E-state index contributed by atoms with van der Waals surface area (Å²) < 4.78 is 115. The van der Waals surface area contributed by atoms with Crippen molar-refractivity contribution in [2.45, 2.75) is 32.1 Å². The topological polar surface area (TPSA) is 160 Å². The van der Waals surface area contributed by atoms with Crippen molar-refractivity contribution in [3.8, 4) is 0 Å². The van der Waals surface area contributed by atoms with Gasteiger partial charge in [-0.3, -0.25) is 14.2 Å². The maximum Gasteiger partial charge on any atom is 0.433 e. The number of nitrogens with zero attached hydrogens (tertiary/aromatic N) is 1. The van der Waals surface area contributed by atoms with Crippen molar-refractivity contribution >= 4 is 43.4 Å². The van der Waals surface area contributed by atoms with Crippen LogP contribution in [0, 0.1) is 11.6 Å². The number of halogens is 5. The van der Waals surface area contributed by atoms with Gasteiger partial charge < -0.3 is 11.1 Å². The van der Waals surface area contributed by atoms with Crippen LogP contribution in [0.2, 0.25) is 0 Å². The number of sulfonamides is 2. The molecule has 17 heteroatoms. The standard InChI is InChI=1S/C25H23F4N3O3S.C8H11FN2O2S/c1-36(34,35)32-22-12-8-18(15-20(22)26)16-30-24(33)14-10-19-9-13-23(25(27,28)29)31-21(19)11-7-17-5-3-2-4-6-17;1-14(12,13)11-8-3-2-6(5-10)4-7(8)9/h2-6,8-10,12-15,32H,7,11,16H2,1H3,(H,30,33);2-4,11H,5,10H2,1H3. The van der Waals surface area contributed by atoms with E-state index < -0.39 is 49.5 Å². The molecule has 10 nitrogen and oxygen atoms in total. The molecule has 0 aliphatic carbocycles. The Balaban J connectivity index is 0.000000403. The van der Waals surface area contributed by atoms with Crippen molar-refractivity contribution in [1.29, 1.82) is 0 Å². The summed E-state index contributed by atoms with van der Waals surface area (Å²) in [5, 5.41) is 2.55. The first-order valence-electron chi connectivity index (χ1n) is 14.6. The van der Waals surface area contributed by atoms with Crippen LogP contribution in [0.15, 0.2) is 84.9 Å². The molecular formula is C33H34F5N5O5S2. The van der Waals surface area contributed by atoms with Crippen LogP contribution in [0.5, 0.6) is 0 Å². The second-order valence-corrected chi connectivity index (χ2v) is 14.3. The Morgan fingerprint density at radius 2 is 1.34 bits per heavy atom. The zero-order valence-electron chi connectivity index (χ0n) is 26.8. The Morgan fingerprint density at radius 1 is 0.780 bits per heavy atom. The second kappa shape index (κ2) is 17.2. The van der Waals surface area contributed by atoms with Gasteiger partial charge in [0.15, 0.2) is 0 Å². The maximum atomic E-state index is 14.1. The van der Waals surface area contributed by atoms with Crippen molar-refractivity contribution in [3.63, 3.8) is 0 Å². The molecule has 4 aromatic rings. The summed E-state index contributed by atoms with van der Waals surface area (Å²) in [6.07, 6.45) is 0.507. The highest BCUT2D eigenvalue weighted by Gasteiger charge is 2.32. The summed E-state index contributed by atoms with van der Waals surface area (Å²) in [6, 6.07) is 19.2. The van der Waals surface area contributed by atoms with Crippen LogP contribution in [-0.2, 0) is 56.9 Å². The summed E-state index contributed by atoms with van der Waals surface area (Å²) in [6.45, 7) is 0.168. The van der Waals surface area contributed by atoms with E-state index in [0.717, 1.165) is 36.3 Å². The highest BCUT2D eigenvalue weighted by atomic mass is 32.2. The van der Waals surface area contributed by atoms with E-state index in [9.17, 15) is 43.6 Å². The van der Waals surface area contributed by atoms with E-state index in [-0.39, 0.29) is 36.6 Å². The van der Waals surface area contributed by atoms with E-state index in [1.165, 1.54) is 36.4 Å². The van der Waals surface area contributed by atoms with Crippen LogP contribution >= 0.6 is 0 Å². The molecule has 0 aliphatic heterocycles. The van der Waals surface area contributed by atoms with E-state index in [4.69, 9.17) is 5.73 Å². The minimum atomic E-state index is -4.59. The van der Waals surface area contributed by atoms with Crippen molar-refractivity contribution < 1.29 is 43.6 Å². The Kier molecular flexibility index (Phi) is 13.6. The quantitative estimate of drug-likeness (QED) is 0.112. The first-order chi connectivity index (χ1) is 23.3. The Bertz CT molecular complexity index is 2040. The first-order valence-corrected chi connectivity index (χ1v) is 18.4. The number of nitrogens with two attached hydrogens (primary N) is 1. The number of anilines is 2. The molecule has 268 valence electrons. The lowest BCUT2D eigenvalue weighted by Gasteiger charge is -2.11. The predicted octanol–water partition coefficient (Wildman–Crippen LogP) is 5.38. The van der Waals surface area contributed by atoms with Gasteiger partial charge >= 0.3 is 6.18 Å². The zero-order valence-corrected chi connectivity index (χ0v) is 28.4. The molecule has 50 heavy (non-hydrogen) atoms.